The number of ether oxygens (including phenoxy) is 3. The summed E-state index contributed by atoms with van der Waals surface area (Å²) in [5.74, 6) is -0.315. The molecule has 0 spiro atoms. The van der Waals surface area contributed by atoms with E-state index in [2.05, 4.69) is 5.32 Å². The van der Waals surface area contributed by atoms with Crippen LogP contribution < -0.4 is 14.8 Å². The Balaban J connectivity index is 2.01. The van der Waals surface area contributed by atoms with Gasteiger partial charge in [-0.25, -0.2) is 4.79 Å². The maximum Gasteiger partial charge on any atom is 0.338 e. The van der Waals surface area contributed by atoms with Gasteiger partial charge in [-0.3, -0.25) is 4.79 Å². The number of amides is 1. The molecule has 0 saturated carbocycles. The Bertz CT molecular complexity index is 924. The number of rotatable bonds is 9. The van der Waals surface area contributed by atoms with Gasteiger partial charge in [-0.05, 0) is 49.7 Å². The van der Waals surface area contributed by atoms with Crippen molar-refractivity contribution in [3.05, 3.63) is 52.5 Å². The molecule has 0 fully saturated rings. The highest BCUT2D eigenvalue weighted by Crippen LogP contribution is 2.29. The molecule has 1 N–H and O–H groups in total. The molecule has 0 saturated heterocycles. The molecule has 0 unspecified atom stereocenters. The summed E-state index contributed by atoms with van der Waals surface area (Å²) in [5, 5.41) is 12.0. The number of nitrogens with one attached hydrogen (secondary N) is 1. The van der Waals surface area contributed by atoms with E-state index in [1.54, 1.807) is 18.2 Å². The summed E-state index contributed by atoms with van der Waals surface area (Å²) in [6.07, 6.45) is 0.838. The van der Waals surface area contributed by atoms with Gasteiger partial charge in [0, 0.05) is 5.02 Å². The van der Waals surface area contributed by atoms with Gasteiger partial charge in [-0.2, -0.15) is 5.26 Å². The third-order valence-corrected chi connectivity index (χ3v) is 3.89. The van der Waals surface area contributed by atoms with Crippen molar-refractivity contribution in [1.29, 1.82) is 5.26 Å². The molecule has 2 aromatic carbocycles. The number of nitriles is 1. The highest BCUT2D eigenvalue weighted by molar-refractivity contribution is 6.31. The minimum absolute atomic E-state index is 0.227. The van der Waals surface area contributed by atoms with Gasteiger partial charge >= 0.3 is 5.97 Å². The summed E-state index contributed by atoms with van der Waals surface area (Å²) in [4.78, 5) is 24.4. The van der Waals surface area contributed by atoms with Gasteiger partial charge in [0.1, 0.15) is 6.07 Å². The van der Waals surface area contributed by atoms with Crippen molar-refractivity contribution < 1.29 is 23.8 Å². The first kappa shape index (κ1) is 22.1. The molecule has 2 rings (SSSR count). The van der Waals surface area contributed by atoms with Gasteiger partial charge in [0.25, 0.3) is 5.91 Å². The molecule has 0 radical (unpaired) electrons. The SMILES string of the molecule is CCCOc1ccc(C(=O)OCC(=O)Nc2cc(Cl)ccc2C#N)cc1OCC. The number of anilines is 1. The summed E-state index contributed by atoms with van der Waals surface area (Å²) in [5.41, 5.74) is 0.723. The number of benzene rings is 2. The smallest absolute Gasteiger partial charge is 0.338 e. The normalized spacial score (nSPS) is 10.0. The molecular weight excluding hydrogens is 396 g/mol. The Morgan fingerprint density at radius 3 is 2.59 bits per heavy atom. The molecule has 0 aliphatic rings. The van der Waals surface area contributed by atoms with Crippen molar-refractivity contribution >= 4 is 29.2 Å². The lowest BCUT2D eigenvalue weighted by molar-refractivity contribution is -0.119. The standard InChI is InChI=1S/C21H21ClN2O5/c1-3-9-28-18-8-6-14(10-19(18)27-4-2)21(26)29-13-20(25)24-17-11-16(22)7-5-15(17)12-23/h5-8,10-11H,3-4,9,13H2,1-2H3,(H,24,25). The zero-order chi connectivity index (χ0) is 21.2. The first-order valence-corrected chi connectivity index (χ1v) is 9.42. The number of hydrogen-bond acceptors (Lipinski definition) is 6. The zero-order valence-corrected chi connectivity index (χ0v) is 16.9. The number of nitrogens with zero attached hydrogens (tertiary/aromatic N) is 1. The second-order valence-electron chi connectivity index (χ2n) is 5.87. The fraction of sp³-hybridized carbons (Fsp3) is 0.286. The molecule has 8 heteroatoms. The van der Waals surface area contributed by atoms with E-state index in [0.29, 0.717) is 29.7 Å². The maximum absolute atomic E-state index is 12.3. The molecule has 152 valence electrons. The van der Waals surface area contributed by atoms with Crippen LogP contribution in [-0.2, 0) is 9.53 Å². The molecule has 0 atom stereocenters. The quantitative estimate of drug-likeness (QED) is 0.615. The number of halogens is 1. The minimum atomic E-state index is -0.685. The topological polar surface area (TPSA) is 97.6 Å². The monoisotopic (exact) mass is 416 g/mol. The highest BCUT2D eigenvalue weighted by Gasteiger charge is 2.15. The Hall–Kier alpha value is -3.24. The predicted octanol–water partition coefficient (Wildman–Crippen LogP) is 4.19. The molecule has 0 heterocycles. The van der Waals surface area contributed by atoms with Crippen molar-refractivity contribution in [3.8, 4) is 17.6 Å². The van der Waals surface area contributed by atoms with E-state index < -0.39 is 18.5 Å². The fourth-order valence-electron chi connectivity index (χ4n) is 2.35. The van der Waals surface area contributed by atoms with Crippen molar-refractivity contribution in [1.82, 2.24) is 0 Å². The van der Waals surface area contributed by atoms with Crippen molar-refractivity contribution in [3.63, 3.8) is 0 Å². The lowest BCUT2D eigenvalue weighted by Gasteiger charge is -2.13. The van der Waals surface area contributed by atoms with Crippen LogP contribution in [0.15, 0.2) is 36.4 Å². The van der Waals surface area contributed by atoms with Crippen molar-refractivity contribution in [2.45, 2.75) is 20.3 Å². The molecule has 7 nitrogen and oxygen atoms in total. The lowest BCUT2D eigenvalue weighted by Crippen LogP contribution is -2.21. The Morgan fingerprint density at radius 1 is 1.10 bits per heavy atom. The molecule has 0 bridgehead atoms. The molecule has 0 aromatic heterocycles. The number of esters is 1. The van der Waals surface area contributed by atoms with Gasteiger partial charge in [-0.1, -0.05) is 18.5 Å². The lowest BCUT2D eigenvalue weighted by atomic mass is 10.2. The van der Waals surface area contributed by atoms with E-state index in [-0.39, 0.29) is 16.8 Å². The van der Waals surface area contributed by atoms with Gasteiger partial charge in [-0.15, -0.1) is 0 Å². The van der Waals surface area contributed by atoms with Crippen LogP contribution in [0.5, 0.6) is 11.5 Å². The van der Waals surface area contributed by atoms with Crippen LogP contribution in [0.4, 0.5) is 5.69 Å². The summed E-state index contributed by atoms with van der Waals surface area (Å²) in [7, 11) is 0. The second kappa shape index (κ2) is 10.9. The molecule has 1 amide bonds. The highest BCUT2D eigenvalue weighted by atomic mass is 35.5. The number of hydrogen-bond donors (Lipinski definition) is 1. The van der Waals surface area contributed by atoms with Crippen LogP contribution in [0.3, 0.4) is 0 Å². The van der Waals surface area contributed by atoms with Crippen molar-refractivity contribution in [2.75, 3.05) is 25.1 Å². The number of carbonyl (C=O) groups is 2. The predicted molar refractivity (Wildman–Crippen MR) is 108 cm³/mol. The first-order chi connectivity index (χ1) is 14.0. The van der Waals surface area contributed by atoms with Gasteiger partial charge in [0.05, 0.1) is 30.0 Å². The summed E-state index contributed by atoms with van der Waals surface area (Å²) < 4.78 is 16.2. The molecule has 0 aliphatic heterocycles. The third-order valence-electron chi connectivity index (χ3n) is 3.65. The number of carbonyl (C=O) groups excluding carboxylic acids is 2. The van der Waals surface area contributed by atoms with Crippen LogP contribution in [0.25, 0.3) is 0 Å². The fourth-order valence-corrected chi connectivity index (χ4v) is 2.52. The van der Waals surface area contributed by atoms with E-state index in [9.17, 15) is 9.59 Å². The summed E-state index contributed by atoms with van der Waals surface area (Å²) >= 11 is 5.88. The second-order valence-corrected chi connectivity index (χ2v) is 6.31. The van der Waals surface area contributed by atoms with Gasteiger partial charge < -0.3 is 19.5 Å². The van der Waals surface area contributed by atoms with Gasteiger partial charge in [0.2, 0.25) is 0 Å². The molecule has 0 aliphatic carbocycles. The average molecular weight is 417 g/mol. The van der Waals surface area contributed by atoms with E-state index >= 15 is 0 Å². The van der Waals surface area contributed by atoms with E-state index in [1.165, 1.54) is 18.2 Å². The maximum atomic E-state index is 12.3. The Kier molecular flexibility index (Phi) is 8.31. The molecule has 2 aromatic rings. The zero-order valence-electron chi connectivity index (χ0n) is 16.2. The van der Waals surface area contributed by atoms with Crippen LogP contribution >= 0.6 is 11.6 Å². The van der Waals surface area contributed by atoms with Crippen molar-refractivity contribution in [2.24, 2.45) is 0 Å². The summed E-state index contributed by atoms with van der Waals surface area (Å²) in [6, 6.07) is 11.1. The van der Waals surface area contributed by atoms with E-state index in [4.69, 9.17) is 31.1 Å². The first-order valence-electron chi connectivity index (χ1n) is 9.04. The van der Waals surface area contributed by atoms with Crippen LogP contribution in [0.2, 0.25) is 5.02 Å². The third kappa shape index (κ3) is 6.40. The van der Waals surface area contributed by atoms with E-state index in [1.807, 2.05) is 19.9 Å². The molecule has 29 heavy (non-hydrogen) atoms. The average Bonchev–Trinajstić information content (AvgIpc) is 2.71. The van der Waals surface area contributed by atoms with Crippen LogP contribution in [0.1, 0.15) is 36.2 Å². The van der Waals surface area contributed by atoms with Crippen LogP contribution in [0, 0.1) is 11.3 Å². The molecular formula is C21H21ClN2O5. The summed E-state index contributed by atoms with van der Waals surface area (Å²) in [6.45, 7) is 4.22. The van der Waals surface area contributed by atoms with E-state index in [0.717, 1.165) is 6.42 Å². The Labute approximate surface area is 174 Å². The Morgan fingerprint density at radius 2 is 1.90 bits per heavy atom. The van der Waals surface area contributed by atoms with Gasteiger partial charge in [0.15, 0.2) is 18.1 Å². The minimum Gasteiger partial charge on any atom is -0.490 e. The largest absolute Gasteiger partial charge is 0.490 e. The van der Waals surface area contributed by atoms with Crippen LogP contribution in [-0.4, -0.2) is 31.7 Å².